The van der Waals surface area contributed by atoms with Gasteiger partial charge in [-0.3, -0.25) is 4.79 Å². The van der Waals surface area contributed by atoms with Crippen molar-refractivity contribution in [3.05, 3.63) is 0 Å². The number of carbonyl (C=O) groups is 1. The van der Waals surface area contributed by atoms with E-state index in [1.54, 1.807) is 0 Å². The largest absolute Gasteiger partial charge is 0.391 e. The first-order valence-corrected chi connectivity index (χ1v) is 4.17. The quantitative estimate of drug-likeness (QED) is 0.546. The molecule has 0 radical (unpaired) electrons. The molecule has 1 fully saturated rings. The second-order valence-corrected chi connectivity index (χ2v) is 3.46. The second-order valence-electron chi connectivity index (χ2n) is 3.46. The molecular weight excluding hydrogens is 158 g/mol. The Balaban J connectivity index is 2.52. The van der Waals surface area contributed by atoms with Gasteiger partial charge in [0.25, 0.3) is 5.91 Å². The highest BCUT2D eigenvalue weighted by atomic mass is 16.3. The van der Waals surface area contributed by atoms with E-state index in [0.717, 1.165) is 0 Å². The van der Waals surface area contributed by atoms with Crippen LogP contribution in [0, 0.1) is 5.92 Å². The summed E-state index contributed by atoms with van der Waals surface area (Å²) in [5, 5.41) is 18.3. The molecule has 1 heterocycles. The highest BCUT2D eigenvalue weighted by Crippen LogP contribution is 2.16. The number of rotatable bonds is 1. The van der Waals surface area contributed by atoms with Crippen molar-refractivity contribution in [1.29, 1.82) is 0 Å². The summed E-state index contributed by atoms with van der Waals surface area (Å²) in [6.45, 7) is 4.23. The summed E-state index contributed by atoms with van der Waals surface area (Å²) >= 11 is 0. The van der Waals surface area contributed by atoms with Gasteiger partial charge in [-0.25, -0.2) is 0 Å². The van der Waals surface area contributed by atoms with Crippen LogP contribution in [0.4, 0.5) is 0 Å². The van der Waals surface area contributed by atoms with Gasteiger partial charge in [0.1, 0.15) is 6.10 Å². The highest BCUT2D eigenvalue weighted by molar-refractivity contribution is 5.80. The zero-order valence-electron chi connectivity index (χ0n) is 7.40. The van der Waals surface area contributed by atoms with E-state index in [1.807, 2.05) is 6.92 Å². The number of aliphatic hydroxyl groups excluding tert-OH is 2. The number of nitrogens with zero attached hydrogens (tertiary/aromatic N) is 1. The molecule has 0 aromatic rings. The first-order chi connectivity index (χ1) is 5.52. The summed E-state index contributed by atoms with van der Waals surface area (Å²) in [4.78, 5) is 12.7. The van der Waals surface area contributed by atoms with Crippen molar-refractivity contribution in [3.8, 4) is 0 Å². The van der Waals surface area contributed by atoms with E-state index in [0.29, 0.717) is 13.1 Å². The maximum atomic E-state index is 11.2. The summed E-state index contributed by atoms with van der Waals surface area (Å²) in [6, 6.07) is 0. The molecule has 4 nitrogen and oxygen atoms in total. The lowest BCUT2D eigenvalue weighted by atomic mass is 10.1. The average molecular weight is 173 g/mol. The van der Waals surface area contributed by atoms with Crippen LogP contribution in [0.3, 0.4) is 0 Å². The van der Waals surface area contributed by atoms with Crippen molar-refractivity contribution in [1.82, 2.24) is 4.90 Å². The Morgan fingerprint density at radius 2 is 2.17 bits per heavy atom. The van der Waals surface area contributed by atoms with Crippen molar-refractivity contribution >= 4 is 5.91 Å². The standard InChI is InChI=1S/C8H15NO3/c1-5-3-9(4-7(5)11)8(12)6(2)10/h5-7,10-11H,3-4H2,1-2H3/t5?,6-,7?/m0/s1. The smallest absolute Gasteiger partial charge is 0.251 e. The van der Waals surface area contributed by atoms with Gasteiger partial charge in [0.2, 0.25) is 0 Å². The number of carbonyl (C=O) groups excluding carboxylic acids is 1. The third-order valence-corrected chi connectivity index (χ3v) is 2.24. The minimum absolute atomic E-state index is 0.118. The summed E-state index contributed by atoms with van der Waals surface area (Å²) in [6.07, 6.45) is -1.39. The minimum atomic E-state index is -0.956. The number of hydrogen-bond acceptors (Lipinski definition) is 3. The number of amides is 1. The Labute approximate surface area is 71.8 Å². The SMILES string of the molecule is CC1CN(C(=O)[C@H](C)O)CC1O. The summed E-state index contributed by atoms with van der Waals surface area (Å²) in [7, 11) is 0. The third-order valence-electron chi connectivity index (χ3n) is 2.24. The Morgan fingerprint density at radius 3 is 2.50 bits per heavy atom. The molecule has 4 heteroatoms. The molecule has 70 valence electrons. The summed E-state index contributed by atoms with van der Waals surface area (Å²) < 4.78 is 0. The molecule has 0 aromatic heterocycles. The van der Waals surface area contributed by atoms with Crippen molar-refractivity contribution < 1.29 is 15.0 Å². The van der Waals surface area contributed by atoms with Crippen LogP contribution in [-0.4, -0.2) is 46.3 Å². The number of hydrogen-bond donors (Lipinski definition) is 2. The van der Waals surface area contributed by atoms with Gasteiger partial charge in [-0.1, -0.05) is 6.92 Å². The second kappa shape index (κ2) is 3.41. The van der Waals surface area contributed by atoms with Gasteiger partial charge in [-0.15, -0.1) is 0 Å². The van der Waals surface area contributed by atoms with Gasteiger partial charge in [-0.2, -0.15) is 0 Å². The molecule has 0 aromatic carbocycles. The molecule has 1 aliphatic heterocycles. The van der Waals surface area contributed by atoms with Gasteiger partial charge in [-0.05, 0) is 6.92 Å². The Bertz CT molecular complexity index is 171. The Kier molecular flexibility index (Phi) is 2.69. The Hall–Kier alpha value is -0.610. The molecule has 3 atom stereocenters. The van der Waals surface area contributed by atoms with Crippen LogP contribution in [0.25, 0.3) is 0 Å². The van der Waals surface area contributed by atoms with Crippen molar-refractivity contribution in [2.75, 3.05) is 13.1 Å². The van der Waals surface area contributed by atoms with E-state index in [2.05, 4.69) is 0 Å². The van der Waals surface area contributed by atoms with E-state index in [9.17, 15) is 9.90 Å². The van der Waals surface area contributed by atoms with Gasteiger partial charge < -0.3 is 15.1 Å². The van der Waals surface area contributed by atoms with Gasteiger partial charge >= 0.3 is 0 Å². The molecule has 0 aliphatic carbocycles. The molecular formula is C8H15NO3. The number of aliphatic hydroxyl groups is 2. The molecule has 2 N–H and O–H groups in total. The fraction of sp³-hybridized carbons (Fsp3) is 0.875. The van der Waals surface area contributed by atoms with Gasteiger partial charge in [0, 0.05) is 19.0 Å². The van der Waals surface area contributed by atoms with Gasteiger partial charge in [0.15, 0.2) is 0 Å². The van der Waals surface area contributed by atoms with Gasteiger partial charge in [0.05, 0.1) is 6.10 Å². The number of likely N-dealkylation sites (tertiary alicyclic amines) is 1. The maximum Gasteiger partial charge on any atom is 0.251 e. The number of β-amino-alcohol motifs (C(OH)–C–C–N with tert-alkyl or cyclic N) is 1. The monoisotopic (exact) mass is 173 g/mol. The van der Waals surface area contributed by atoms with E-state index >= 15 is 0 Å². The van der Waals surface area contributed by atoms with Crippen LogP contribution in [0.5, 0.6) is 0 Å². The molecule has 0 bridgehead atoms. The molecule has 0 spiro atoms. The lowest BCUT2D eigenvalue weighted by Gasteiger charge is -2.16. The molecule has 12 heavy (non-hydrogen) atoms. The van der Waals surface area contributed by atoms with Crippen LogP contribution in [0.2, 0.25) is 0 Å². The maximum absolute atomic E-state index is 11.2. The normalized spacial score (nSPS) is 32.2. The predicted molar refractivity (Wildman–Crippen MR) is 43.4 cm³/mol. The molecule has 2 unspecified atom stereocenters. The zero-order valence-corrected chi connectivity index (χ0v) is 7.40. The fourth-order valence-corrected chi connectivity index (χ4v) is 1.39. The van der Waals surface area contributed by atoms with Crippen LogP contribution >= 0.6 is 0 Å². The van der Waals surface area contributed by atoms with Crippen LogP contribution < -0.4 is 0 Å². The molecule has 1 saturated heterocycles. The minimum Gasteiger partial charge on any atom is -0.391 e. The average Bonchev–Trinajstić information content (AvgIpc) is 2.30. The summed E-state index contributed by atoms with van der Waals surface area (Å²) in [5.41, 5.74) is 0. The van der Waals surface area contributed by atoms with Crippen LogP contribution in [-0.2, 0) is 4.79 Å². The van der Waals surface area contributed by atoms with E-state index < -0.39 is 12.2 Å². The first-order valence-electron chi connectivity index (χ1n) is 4.17. The molecule has 1 rings (SSSR count). The van der Waals surface area contributed by atoms with Crippen molar-refractivity contribution in [3.63, 3.8) is 0 Å². The highest BCUT2D eigenvalue weighted by Gasteiger charge is 2.32. The molecule has 1 aliphatic rings. The van der Waals surface area contributed by atoms with E-state index in [4.69, 9.17) is 5.11 Å². The van der Waals surface area contributed by atoms with Crippen LogP contribution in [0.15, 0.2) is 0 Å². The Morgan fingerprint density at radius 1 is 1.58 bits per heavy atom. The predicted octanol–water partition coefficient (Wildman–Crippen LogP) is -0.794. The lowest BCUT2D eigenvalue weighted by Crippen LogP contribution is -2.36. The topological polar surface area (TPSA) is 60.8 Å². The van der Waals surface area contributed by atoms with E-state index in [-0.39, 0.29) is 11.8 Å². The third kappa shape index (κ3) is 1.76. The van der Waals surface area contributed by atoms with Crippen molar-refractivity contribution in [2.45, 2.75) is 26.1 Å². The lowest BCUT2D eigenvalue weighted by molar-refractivity contribution is -0.138. The fourth-order valence-electron chi connectivity index (χ4n) is 1.39. The van der Waals surface area contributed by atoms with E-state index in [1.165, 1.54) is 11.8 Å². The summed E-state index contributed by atoms with van der Waals surface area (Å²) in [5.74, 6) is -0.175. The molecule has 1 amide bonds. The first kappa shape index (κ1) is 9.48. The zero-order chi connectivity index (χ0) is 9.30. The van der Waals surface area contributed by atoms with Crippen LogP contribution in [0.1, 0.15) is 13.8 Å². The molecule has 0 saturated carbocycles. The van der Waals surface area contributed by atoms with Crippen molar-refractivity contribution in [2.24, 2.45) is 5.92 Å².